The molecule has 6 heteroatoms. The zero-order chi connectivity index (χ0) is 17.7. The number of hydrogen-bond acceptors (Lipinski definition) is 5. The molecule has 6 nitrogen and oxygen atoms in total. The van der Waals surface area contributed by atoms with Crippen molar-refractivity contribution in [1.82, 2.24) is 9.97 Å². The number of anilines is 3. The smallest absolute Gasteiger partial charge is 0.261 e. The quantitative estimate of drug-likeness (QED) is 0.938. The van der Waals surface area contributed by atoms with Gasteiger partial charge in [0.2, 0.25) is 0 Å². The minimum absolute atomic E-state index is 0.0315. The fourth-order valence-corrected chi connectivity index (χ4v) is 2.69. The zero-order valence-corrected chi connectivity index (χ0v) is 14.7. The number of nitrogens with zero attached hydrogens (tertiary/aromatic N) is 4. The Morgan fingerprint density at radius 2 is 1.96 bits per heavy atom. The van der Waals surface area contributed by atoms with Crippen LogP contribution >= 0.6 is 0 Å². The van der Waals surface area contributed by atoms with Crippen molar-refractivity contribution in [2.75, 3.05) is 30.0 Å². The van der Waals surface area contributed by atoms with Crippen LogP contribution < -0.4 is 9.80 Å². The second-order valence-corrected chi connectivity index (χ2v) is 5.14. The lowest BCUT2D eigenvalue weighted by molar-refractivity contribution is 0.0994. The largest absolute Gasteiger partial charge is 0.396 e. The minimum Gasteiger partial charge on any atom is -0.396 e. The number of aromatic nitrogens is 2. The summed E-state index contributed by atoms with van der Waals surface area (Å²) in [7, 11) is 1.74. The average Bonchev–Trinajstić information content (AvgIpc) is 2.72. The zero-order valence-electron chi connectivity index (χ0n) is 14.7. The van der Waals surface area contributed by atoms with Gasteiger partial charge >= 0.3 is 0 Å². The number of pyridine rings is 2. The lowest BCUT2D eigenvalue weighted by Gasteiger charge is -2.22. The van der Waals surface area contributed by atoms with Gasteiger partial charge in [0, 0.05) is 32.6 Å². The molecule has 1 N–H and O–H groups in total. The van der Waals surface area contributed by atoms with Gasteiger partial charge in [-0.05, 0) is 37.1 Å². The molecule has 0 aromatic carbocycles. The molecule has 128 valence electrons. The molecule has 24 heavy (non-hydrogen) atoms. The summed E-state index contributed by atoms with van der Waals surface area (Å²) in [5, 5.41) is 9.09. The van der Waals surface area contributed by atoms with E-state index in [9.17, 15) is 4.79 Å². The van der Waals surface area contributed by atoms with Gasteiger partial charge in [0.1, 0.15) is 5.82 Å². The Balaban J connectivity index is 0.00000100. The normalized spacial score (nSPS) is 12.8. The average molecular weight is 328 g/mol. The van der Waals surface area contributed by atoms with Crippen LogP contribution in [0.1, 0.15) is 36.7 Å². The fraction of sp³-hybridized carbons (Fsp3) is 0.389. The number of carbonyl (C=O) groups is 1. The molecule has 0 radical (unpaired) electrons. The van der Waals surface area contributed by atoms with Gasteiger partial charge in [-0.3, -0.25) is 4.79 Å². The molecule has 1 aliphatic heterocycles. The second kappa shape index (κ2) is 7.88. The Labute approximate surface area is 142 Å². The Morgan fingerprint density at radius 1 is 1.21 bits per heavy atom. The molecule has 2 aromatic rings. The Morgan fingerprint density at radius 3 is 2.62 bits per heavy atom. The second-order valence-electron chi connectivity index (χ2n) is 5.14. The third-order valence-electron chi connectivity index (χ3n) is 3.81. The Bertz CT molecular complexity index is 718. The van der Waals surface area contributed by atoms with Crippen LogP contribution in [-0.4, -0.2) is 41.2 Å². The third-order valence-corrected chi connectivity index (χ3v) is 3.81. The van der Waals surface area contributed by atoms with Crippen molar-refractivity contribution >= 4 is 23.2 Å². The van der Waals surface area contributed by atoms with E-state index in [1.54, 1.807) is 24.3 Å². The van der Waals surface area contributed by atoms with E-state index in [2.05, 4.69) is 9.97 Å². The maximum atomic E-state index is 12.8. The molecule has 2 aromatic heterocycles. The van der Waals surface area contributed by atoms with E-state index in [0.29, 0.717) is 24.3 Å². The molecule has 0 unspecified atom stereocenters. The van der Waals surface area contributed by atoms with E-state index in [1.165, 1.54) is 0 Å². The predicted octanol–water partition coefficient (Wildman–Crippen LogP) is 2.79. The first-order chi connectivity index (χ1) is 11.7. The van der Waals surface area contributed by atoms with Crippen molar-refractivity contribution < 1.29 is 9.90 Å². The highest BCUT2D eigenvalue weighted by Gasteiger charge is 2.30. The van der Waals surface area contributed by atoms with Gasteiger partial charge in [-0.25, -0.2) is 9.97 Å². The highest BCUT2D eigenvalue weighted by atomic mass is 16.3. The van der Waals surface area contributed by atoms with Gasteiger partial charge in [0.05, 0.1) is 11.3 Å². The summed E-state index contributed by atoms with van der Waals surface area (Å²) in [5.74, 6) is 1.22. The van der Waals surface area contributed by atoms with Crippen LogP contribution in [-0.2, 0) is 6.42 Å². The number of hydrogen-bond donors (Lipinski definition) is 1. The molecule has 0 saturated carbocycles. The molecule has 0 saturated heterocycles. The summed E-state index contributed by atoms with van der Waals surface area (Å²) >= 11 is 0. The van der Waals surface area contributed by atoms with Gasteiger partial charge in [-0.15, -0.1) is 0 Å². The molecule has 3 heterocycles. The number of carbonyl (C=O) groups excluding carboxylic acids is 1. The number of fused-ring (bicyclic) bond motifs is 2. The number of aliphatic hydroxyl groups excluding tert-OH is 1. The first-order valence-electron chi connectivity index (χ1n) is 8.27. The topological polar surface area (TPSA) is 69.6 Å². The van der Waals surface area contributed by atoms with Crippen LogP contribution in [0.25, 0.3) is 0 Å². The van der Waals surface area contributed by atoms with Crippen molar-refractivity contribution in [3.63, 3.8) is 0 Å². The molecule has 0 aliphatic carbocycles. The molecule has 0 atom stereocenters. The highest BCUT2D eigenvalue weighted by Crippen LogP contribution is 2.37. The molecular weight excluding hydrogens is 304 g/mol. The lowest BCUT2D eigenvalue weighted by Crippen LogP contribution is -2.25. The first-order valence-corrected chi connectivity index (χ1v) is 8.27. The number of rotatable bonds is 3. The highest BCUT2D eigenvalue weighted by molar-refractivity contribution is 6.12. The van der Waals surface area contributed by atoms with E-state index < -0.39 is 0 Å². The summed E-state index contributed by atoms with van der Waals surface area (Å²) < 4.78 is 0. The van der Waals surface area contributed by atoms with E-state index >= 15 is 0 Å². The maximum absolute atomic E-state index is 12.8. The standard InChI is InChI=1S/C16H18N4O2.C2H6/c1-3-20-14-12(9-11(6-8-21)10-18-14)16(22)19(2)13-5-4-7-17-15(13)20;1-2/h4-5,7,9-10,21H,3,6,8H2,1-2H3;1-2H3. The van der Waals surface area contributed by atoms with Gasteiger partial charge in [0.15, 0.2) is 5.82 Å². The van der Waals surface area contributed by atoms with E-state index in [-0.39, 0.29) is 12.5 Å². The van der Waals surface area contributed by atoms with Gasteiger partial charge in [-0.1, -0.05) is 13.8 Å². The lowest BCUT2D eigenvalue weighted by atomic mass is 10.1. The van der Waals surface area contributed by atoms with Gasteiger partial charge in [0.25, 0.3) is 5.91 Å². The van der Waals surface area contributed by atoms with Crippen LogP contribution in [0, 0.1) is 0 Å². The van der Waals surface area contributed by atoms with Crippen LogP contribution in [0.5, 0.6) is 0 Å². The van der Waals surface area contributed by atoms with E-state index in [0.717, 1.165) is 17.1 Å². The third kappa shape index (κ3) is 3.10. The van der Waals surface area contributed by atoms with Crippen molar-refractivity contribution in [2.45, 2.75) is 27.2 Å². The number of amides is 1. The molecule has 0 bridgehead atoms. The molecule has 0 fully saturated rings. The summed E-state index contributed by atoms with van der Waals surface area (Å²) in [4.78, 5) is 25.2. The Kier molecular flexibility index (Phi) is 5.87. The molecular formula is C18H24N4O2. The molecule has 1 aliphatic rings. The van der Waals surface area contributed by atoms with Gasteiger partial charge in [-0.2, -0.15) is 0 Å². The monoisotopic (exact) mass is 328 g/mol. The van der Waals surface area contributed by atoms with E-state index in [1.807, 2.05) is 43.9 Å². The van der Waals surface area contributed by atoms with Crippen LogP contribution in [0.4, 0.5) is 17.3 Å². The van der Waals surface area contributed by atoms with Crippen LogP contribution in [0.15, 0.2) is 30.6 Å². The van der Waals surface area contributed by atoms with Crippen molar-refractivity contribution in [3.05, 3.63) is 41.7 Å². The fourth-order valence-electron chi connectivity index (χ4n) is 2.69. The van der Waals surface area contributed by atoms with Crippen LogP contribution in [0.2, 0.25) is 0 Å². The minimum atomic E-state index is -0.118. The van der Waals surface area contributed by atoms with Crippen LogP contribution in [0.3, 0.4) is 0 Å². The number of aliphatic hydroxyl groups is 1. The van der Waals surface area contributed by atoms with Crippen molar-refractivity contribution in [1.29, 1.82) is 0 Å². The maximum Gasteiger partial charge on any atom is 0.261 e. The molecule has 1 amide bonds. The molecule has 0 spiro atoms. The summed E-state index contributed by atoms with van der Waals surface area (Å²) in [5.41, 5.74) is 2.14. The Hall–Kier alpha value is -2.47. The summed E-state index contributed by atoms with van der Waals surface area (Å²) in [6.07, 6.45) is 3.90. The SMILES string of the molecule is CC.CCN1c2ncc(CCO)cc2C(=O)N(C)c2cccnc21. The predicted molar refractivity (Wildman–Crippen MR) is 96.0 cm³/mol. The summed E-state index contributed by atoms with van der Waals surface area (Å²) in [6.45, 7) is 6.69. The summed E-state index contributed by atoms with van der Waals surface area (Å²) in [6, 6.07) is 5.51. The van der Waals surface area contributed by atoms with Gasteiger partial charge < -0.3 is 14.9 Å². The van der Waals surface area contributed by atoms with Crippen molar-refractivity contribution in [3.8, 4) is 0 Å². The van der Waals surface area contributed by atoms with Crippen molar-refractivity contribution in [2.24, 2.45) is 0 Å². The van der Waals surface area contributed by atoms with E-state index in [4.69, 9.17) is 5.11 Å². The molecule has 3 rings (SSSR count). The first kappa shape index (κ1) is 17.9.